The van der Waals surface area contributed by atoms with Crippen molar-refractivity contribution in [2.75, 3.05) is 11.9 Å². The molecule has 3 aromatic rings. The third-order valence-electron chi connectivity index (χ3n) is 4.99. The normalized spacial score (nSPS) is 15.6. The fourth-order valence-electron chi connectivity index (χ4n) is 3.46. The average molecular weight is 331 g/mol. The van der Waals surface area contributed by atoms with Crippen LogP contribution in [0.15, 0.2) is 60.8 Å². The van der Waals surface area contributed by atoms with E-state index < -0.39 is 0 Å². The van der Waals surface area contributed by atoms with E-state index >= 15 is 0 Å². The standard InChI is InChI=1S/C21H21N3O/c1-15(24-13-11-16-6-2-3-7-17(16)14-24)21(25)23-20-10-4-9-19-18(20)8-5-12-22-19/h2-10,12,15H,11,13-14H2,1H3,(H,23,25). The van der Waals surface area contributed by atoms with Gasteiger partial charge in [-0.2, -0.15) is 0 Å². The largest absolute Gasteiger partial charge is 0.324 e. The second-order valence-corrected chi connectivity index (χ2v) is 6.53. The van der Waals surface area contributed by atoms with Crippen molar-refractivity contribution in [3.63, 3.8) is 0 Å². The van der Waals surface area contributed by atoms with Gasteiger partial charge in [0.05, 0.1) is 17.2 Å². The third-order valence-corrected chi connectivity index (χ3v) is 4.99. The molecule has 0 fully saturated rings. The maximum Gasteiger partial charge on any atom is 0.241 e. The maximum absolute atomic E-state index is 12.8. The highest BCUT2D eigenvalue weighted by molar-refractivity contribution is 6.02. The highest BCUT2D eigenvalue weighted by Crippen LogP contribution is 2.23. The molecule has 4 rings (SSSR count). The van der Waals surface area contributed by atoms with Crippen LogP contribution < -0.4 is 5.32 Å². The highest BCUT2D eigenvalue weighted by atomic mass is 16.2. The van der Waals surface area contributed by atoms with Crippen LogP contribution in [0.4, 0.5) is 5.69 Å². The number of benzene rings is 2. The Kier molecular flexibility index (Phi) is 4.20. The zero-order chi connectivity index (χ0) is 17.2. The molecule has 1 unspecified atom stereocenters. The zero-order valence-corrected chi connectivity index (χ0v) is 14.3. The van der Waals surface area contributed by atoms with Crippen LogP contribution >= 0.6 is 0 Å². The van der Waals surface area contributed by atoms with E-state index in [0.29, 0.717) is 0 Å². The number of anilines is 1. The van der Waals surface area contributed by atoms with E-state index in [1.807, 2.05) is 37.3 Å². The summed E-state index contributed by atoms with van der Waals surface area (Å²) >= 11 is 0. The minimum absolute atomic E-state index is 0.0238. The van der Waals surface area contributed by atoms with Crippen molar-refractivity contribution < 1.29 is 4.79 Å². The molecule has 0 saturated carbocycles. The number of carbonyl (C=O) groups excluding carboxylic acids is 1. The van der Waals surface area contributed by atoms with Crippen LogP contribution in [0.25, 0.3) is 10.9 Å². The number of nitrogens with zero attached hydrogens (tertiary/aromatic N) is 2. The summed E-state index contributed by atoms with van der Waals surface area (Å²) in [5, 5.41) is 4.05. The number of hydrogen-bond donors (Lipinski definition) is 1. The minimum atomic E-state index is -0.180. The van der Waals surface area contributed by atoms with Crippen molar-refractivity contribution in [1.82, 2.24) is 9.88 Å². The van der Waals surface area contributed by atoms with Gasteiger partial charge in [0.1, 0.15) is 0 Å². The Morgan fingerprint density at radius 2 is 1.92 bits per heavy atom. The first-order chi connectivity index (χ1) is 12.2. The summed E-state index contributed by atoms with van der Waals surface area (Å²) in [6, 6.07) is 18.0. The van der Waals surface area contributed by atoms with Crippen LogP contribution in [-0.4, -0.2) is 28.4 Å². The molecule has 0 spiro atoms. The summed E-state index contributed by atoms with van der Waals surface area (Å²) in [6.07, 6.45) is 2.76. The van der Waals surface area contributed by atoms with Gasteiger partial charge >= 0.3 is 0 Å². The number of rotatable bonds is 3. The first-order valence-corrected chi connectivity index (χ1v) is 8.68. The van der Waals surface area contributed by atoms with Crippen LogP contribution in [0.3, 0.4) is 0 Å². The second kappa shape index (κ2) is 6.65. The molecule has 1 aromatic heterocycles. The Labute approximate surface area is 147 Å². The van der Waals surface area contributed by atoms with Gasteiger partial charge in [0.15, 0.2) is 0 Å². The first kappa shape index (κ1) is 15.8. The van der Waals surface area contributed by atoms with Gasteiger partial charge in [-0.15, -0.1) is 0 Å². The number of amides is 1. The molecule has 0 aliphatic carbocycles. The van der Waals surface area contributed by atoms with Crippen LogP contribution in [0.2, 0.25) is 0 Å². The SMILES string of the molecule is CC(C(=O)Nc1cccc2ncccc12)N1CCc2ccccc2C1. The van der Waals surface area contributed by atoms with Gasteiger partial charge in [-0.05, 0) is 48.7 Å². The summed E-state index contributed by atoms with van der Waals surface area (Å²) < 4.78 is 0. The van der Waals surface area contributed by atoms with Crippen LogP contribution in [0, 0.1) is 0 Å². The smallest absolute Gasteiger partial charge is 0.241 e. The van der Waals surface area contributed by atoms with Crippen molar-refractivity contribution in [2.24, 2.45) is 0 Å². The van der Waals surface area contributed by atoms with Gasteiger partial charge in [0.2, 0.25) is 5.91 Å². The number of pyridine rings is 1. The molecular weight excluding hydrogens is 310 g/mol. The molecule has 25 heavy (non-hydrogen) atoms. The number of fused-ring (bicyclic) bond motifs is 2. The molecule has 1 N–H and O–H groups in total. The molecule has 1 atom stereocenters. The number of carbonyl (C=O) groups is 1. The van der Waals surface area contributed by atoms with Crippen molar-refractivity contribution in [1.29, 1.82) is 0 Å². The summed E-state index contributed by atoms with van der Waals surface area (Å²) in [5.74, 6) is 0.0238. The van der Waals surface area contributed by atoms with Gasteiger partial charge in [-0.3, -0.25) is 14.7 Å². The summed E-state index contributed by atoms with van der Waals surface area (Å²) in [4.78, 5) is 19.4. The molecule has 1 aliphatic heterocycles. The quantitative estimate of drug-likeness (QED) is 0.797. The lowest BCUT2D eigenvalue weighted by atomic mass is 9.98. The fraction of sp³-hybridized carbons (Fsp3) is 0.238. The molecule has 1 aliphatic rings. The van der Waals surface area contributed by atoms with Crippen molar-refractivity contribution in [2.45, 2.75) is 25.9 Å². The molecule has 2 heterocycles. The topological polar surface area (TPSA) is 45.2 Å². The van der Waals surface area contributed by atoms with Crippen molar-refractivity contribution >= 4 is 22.5 Å². The Morgan fingerprint density at radius 1 is 1.08 bits per heavy atom. The van der Waals surface area contributed by atoms with Gasteiger partial charge in [-0.25, -0.2) is 0 Å². The number of hydrogen-bond acceptors (Lipinski definition) is 3. The Bertz CT molecular complexity index is 916. The molecule has 4 nitrogen and oxygen atoms in total. The lowest BCUT2D eigenvalue weighted by Gasteiger charge is -2.33. The van der Waals surface area contributed by atoms with E-state index in [4.69, 9.17) is 0 Å². The van der Waals surface area contributed by atoms with Gasteiger partial charge < -0.3 is 5.32 Å². The monoisotopic (exact) mass is 331 g/mol. The lowest BCUT2D eigenvalue weighted by molar-refractivity contribution is -0.121. The van der Waals surface area contributed by atoms with Crippen molar-refractivity contribution in [3.8, 4) is 0 Å². The first-order valence-electron chi connectivity index (χ1n) is 8.68. The van der Waals surface area contributed by atoms with Crippen molar-refractivity contribution in [3.05, 3.63) is 71.9 Å². The summed E-state index contributed by atoms with van der Waals surface area (Å²) in [6.45, 7) is 3.71. The molecular formula is C21H21N3O. The van der Waals surface area contributed by atoms with Crippen LogP contribution in [0.1, 0.15) is 18.1 Å². The Morgan fingerprint density at radius 3 is 2.80 bits per heavy atom. The van der Waals surface area contributed by atoms with Gasteiger partial charge in [0.25, 0.3) is 0 Å². The molecule has 1 amide bonds. The number of nitrogens with one attached hydrogen (secondary N) is 1. The third kappa shape index (κ3) is 3.13. The zero-order valence-electron chi connectivity index (χ0n) is 14.3. The predicted molar refractivity (Wildman–Crippen MR) is 100 cm³/mol. The Hall–Kier alpha value is -2.72. The summed E-state index contributed by atoms with van der Waals surface area (Å²) in [5.41, 5.74) is 4.42. The highest BCUT2D eigenvalue weighted by Gasteiger charge is 2.25. The fourth-order valence-corrected chi connectivity index (χ4v) is 3.46. The van der Waals surface area contributed by atoms with Gasteiger partial charge in [0, 0.05) is 24.7 Å². The molecule has 2 aromatic carbocycles. The van der Waals surface area contributed by atoms with E-state index in [1.165, 1.54) is 11.1 Å². The molecule has 4 heteroatoms. The van der Waals surface area contributed by atoms with E-state index in [1.54, 1.807) is 6.20 Å². The number of aromatic nitrogens is 1. The maximum atomic E-state index is 12.8. The molecule has 0 bridgehead atoms. The molecule has 0 saturated heterocycles. The van der Waals surface area contributed by atoms with E-state index in [-0.39, 0.29) is 11.9 Å². The van der Waals surface area contributed by atoms with E-state index in [0.717, 1.165) is 36.1 Å². The second-order valence-electron chi connectivity index (χ2n) is 6.53. The molecule has 0 radical (unpaired) electrons. The Balaban J connectivity index is 1.51. The predicted octanol–water partition coefficient (Wildman–Crippen LogP) is 3.62. The average Bonchev–Trinajstić information content (AvgIpc) is 2.67. The minimum Gasteiger partial charge on any atom is -0.324 e. The van der Waals surface area contributed by atoms with E-state index in [2.05, 4.69) is 39.5 Å². The van der Waals surface area contributed by atoms with Crippen LogP contribution in [-0.2, 0) is 17.8 Å². The van der Waals surface area contributed by atoms with E-state index in [9.17, 15) is 4.79 Å². The lowest BCUT2D eigenvalue weighted by Crippen LogP contribution is -2.44. The molecule has 126 valence electrons. The van der Waals surface area contributed by atoms with Gasteiger partial charge in [-0.1, -0.05) is 30.3 Å². The van der Waals surface area contributed by atoms with Crippen LogP contribution in [0.5, 0.6) is 0 Å². The summed E-state index contributed by atoms with van der Waals surface area (Å²) in [7, 11) is 0.